The quantitative estimate of drug-likeness (QED) is 0.158. The first-order valence-corrected chi connectivity index (χ1v) is 21.1. The number of hydrogen-bond donors (Lipinski definition) is 1. The van der Waals surface area contributed by atoms with Gasteiger partial charge in [-0.05, 0) is 86.8 Å². The molecule has 0 atom stereocenters. The fourth-order valence-electron chi connectivity index (χ4n) is 8.16. The lowest BCUT2D eigenvalue weighted by Gasteiger charge is -2.15. The molecule has 0 aliphatic carbocycles. The Labute approximate surface area is 367 Å². The van der Waals surface area contributed by atoms with Crippen molar-refractivity contribution in [3.63, 3.8) is 0 Å². The Morgan fingerprint density at radius 1 is 0.381 bits per heavy atom. The molecule has 0 aliphatic rings. The summed E-state index contributed by atoms with van der Waals surface area (Å²) in [5.41, 5.74) is 22.9. The Kier molecular flexibility index (Phi) is 10.6. The van der Waals surface area contributed by atoms with Gasteiger partial charge in [0, 0.05) is 38.9 Å². The van der Waals surface area contributed by atoms with Crippen molar-refractivity contribution in [2.24, 2.45) is 5.73 Å². The molecular weight excluding hydrogens is 765 g/mol. The van der Waals surface area contributed by atoms with E-state index in [1.807, 2.05) is 84.9 Å². The summed E-state index contributed by atoms with van der Waals surface area (Å²) in [5, 5.41) is 2.98. The number of aromatic nitrogens is 3. The van der Waals surface area contributed by atoms with Crippen LogP contribution in [0.5, 0.6) is 0 Å². The van der Waals surface area contributed by atoms with Gasteiger partial charge in [-0.3, -0.25) is 0 Å². The molecule has 2 N–H and O–H groups in total. The zero-order valence-corrected chi connectivity index (χ0v) is 34.6. The van der Waals surface area contributed by atoms with E-state index in [1.54, 1.807) is 0 Å². The SMILES string of the molecule is C=c1cccc/c1=C(/C=C(\N)c1ccccc1)c1cc(-c2ccccc2)nc(-c2cccc(-c3cc(-c4cc(-c5ccccc5)nc5ccccc45)cc(-c4ccccc4)n3)c2)c1. The van der Waals surface area contributed by atoms with Gasteiger partial charge in [0.1, 0.15) is 0 Å². The summed E-state index contributed by atoms with van der Waals surface area (Å²) in [6.07, 6.45) is 2.07. The van der Waals surface area contributed by atoms with Crippen LogP contribution in [0.25, 0.3) is 96.2 Å². The lowest BCUT2D eigenvalue weighted by Crippen LogP contribution is -2.25. The summed E-state index contributed by atoms with van der Waals surface area (Å²) in [6.45, 7) is 4.43. The van der Waals surface area contributed by atoms with Gasteiger partial charge in [-0.25, -0.2) is 15.0 Å². The summed E-state index contributed by atoms with van der Waals surface area (Å²) in [5.74, 6) is 0. The number of benzene rings is 7. The molecule has 7 aromatic carbocycles. The third kappa shape index (κ3) is 8.22. The molecular formula is C59H42N4. The maximum absolute atomic E-state index is 6.87. The van der Waals surface area contributed by atoms with Crippen LogP contribution in [0.2, 0.25) is 0 Å². The summed E-state index contributed by atoms with van der Waals surface area (Å²) in [7, 11) is 0. The van der Waals surface area contributed by atoms with E-state index in [-0.39, 0.29) is 0 Å². The fourth-order valence-corrected chi connectivity index (χ4v) is 8.16. The smallest absolute Gasteiger partial charge is 0.0715 e. The standard InChI is InChI=1S/C59H42N4/c1-40-19-14-15-30-49(40)51(38-53(60)41-20-6-2-7-21-41)47-34-55(42-22-8-3-9-23-42)62-57(36-47)45-28-18-29-46(33-45)58-37-48(35-56(63-58)43-24-10-4-11-25-43)52-39-59(44-26-12-5-13-27-44)61-54-32-17-16-31-50(52)54/h2-39H,1,60H2/b51-49+,53-38-. The highest BCUT2D eigenvalue weighted by Gasteiger charge is 2.16. The van der Waals surface area contributed by atoms with Crippen LogP contribution in [-0.4, -0.2) is 15.0 Å². The lowest BCUT2D eigenvalue weighted by atomic mass is 9.94. The number of nitrogens with two attached hydrogens (primary N) is 1. The van der Waals surface area contributed by atoms with Gasteiger partial charge in [0.2, 0.25) is 0 Å². The third-order valence-electron chi connectivity index (χ3n) is 11.4. The highest BCUT2D eigenvalue weighted by Crippen LogP contribution is 2.37. The molecule has 0 bridgehead atoms. The zero-order chi connectivity index (χ0) is 42.5. The summed E-state index contributed by atoms with van der Waals surface area (Å²) >= 11 is 0. The van der Waals surface area contributed by atoms with E-state index >= 15 is 0 Å². The first-order valence-electron chi connectivity index (χ1n) is 21.1. The molecule has 4 nitrogen and oxygen atoms in total. The zero-order valence-electron chi connectivity index (χ0n) is 34.6. The van der Waals surface area contributed by atoms with Crippen molar-refractivity contribution in [3.05, 3.63) is 252 Å². The first kappa shape index (κ1) is 38.7. The van der Waals surface area contributed by atoms with Crippen molar-refractivity contribution in [1.29, 1.82) is 0 Å². The maximum Gasteiger partial charge on any atom is 0.0715 e. The van der Waals surface area contributed by atoms with E-state index in [2.05, 4.69) is 152 Å². The van der Waals surface area contributed by atoms with Crippen LogP contribution in [0.4, 0.5) is 0 Å². The molecule has 63 heavy (non-hydrogen) atoms. The van der Waals surface area contributed by atoms with Crippen LogP contribution in [0.3, 0.4) is 0 Å². The minimum atomic E-state index is 0.661. The molecule has 10 rings (SSSR count). The highest BCUT2D eigenvalue weighted by molar-refractivity contribution is 5.98. The molecule has 0 aliphatic heterocycles. The Bertz CT molecular complexity index is 3400. The topological polar surface area (TPSA) is 64.7 Å². The molecule has 0 amide bonds. The minimum Gasteiger partial charge on any atom is -0.398 e. The number of nitrogens with zero attached hydrogens (tertiary/aromatic N) is 3. The van der Waals surface area contributed by atoms with Gasteiger partial charge in [0.25, 0.3) is 0 Å². The summed E-state index contributed by atoms with van der Waals surface area (Å²) in [6, 6.07) is 77.2. The number of rotatable bonds is 9. The predicted octanol–water partition coefficient (Wildman–Crippen LogP) is 12.6. The van der Waals surface area contributed by atoms with Crippen LogP contribution in [0.1, 0.15) is 11.1 Å². The van der Waals surface area contributed by atoms with E-state index in [0.29, 0.717) is 5.70 Å². The van der Waals surface area contributed by atoms with Crippen LogP contribution in [-0.2, 0) is 0 Å². The van der Waals surface area contributed by atoms with Gasteiger partial charge in [-0.1, -0.05) is 189 Å². The average Bonchev–Trinajstić information content (AvgIpc) is 3.36. The van der Waals surface area contributed by atoms with Crippen LogP contribution in [0.15, 0.2) is 231 Å². The van der Waals surface area contributed by atoms with Crippen LogP contribution >= 0.6 is 0 Å². The van der Waals surface area contributed by atoms with E-state index in [9.17, 15) is 0 Å². The van der Waals surface area contributed by atoms with E-state index < -0.39 is 0 Å². The number of pyridine rings is 3. The number of hydrogen-bond acceptors (Lipinski definition) is 4. The van der Waals surface area contributed by atoms with Crippen molar-refractivity contribution in [1.82, 2.24) is 15.0 Å². The lowest BCUT2D eigenvalue weighted by molar-refractivity contribution is 1.30. The second-order valence-electron chi connectivity index (χ2n) is 15.5. The van der Waals surface area contributed by atoms with Crippen molar-refractivity contribution in [2.75, 3.05) is 0 Å². The molecule has 3 aromatic heterocycles. The molecule has 0 saturated carbocycles. The fraction of sp³-hybridized carbons (Fsp3) is 0. The summed E-state index contributed by atoms with van der Waals surface area (Å²) in [4.78, 5) is 15.8. The third-order valence-corrected chi connectivity index (χ3v) is 11.4. The number of allylic oxidation sites excluding steroid dienone is 1. The summed E-state index contributed by atoms with van der Waals surface area (Å²) < 4.78 is 0. The Balaban J connectivity index is 1.17. The van der Waals surface area contributed by atoms with Gasteiger partial charge in [-0.15, -0.1) is 0 Å². The van der Waals surface area contributed by atoms with E-state index in [0.717, 1.165) is 105 Å². The molecule has 4 heteroatoms. The van der Waals surface area contributed by atoms with Crippen molar-refractivity contribution >= 4 is 28.8 Å². The molecule has 10 aromatic rings. The molecule has 0 saturated heterocycles. The molecule has 298 valence electrons. The van der Waals surface area contributed by atoms with Crippen molar-refractivity contribution in [2.45, 2.75) is 0 Å². The number of fused-ring (bicyclic) bond motifs is 1. The second kappa shape index (κ2) is 17.3. The van der Waals surface area contributed by atoms with Crippen molar-refractivity contribution < 1.29 is 0 Å². The van der Waals surface area contributed by atoms with Crippen molar-refractivity contribution in [3.8, 4) is 67.4 Å². The van der Waals surface area contributed by atoms with Gasteiger partial charge < -0.3 is 5.73 Å². The van der Waals surface area contributed by atoms with E-state index in [4.69, 9.17) is 20.7 Å². The highest BCUT2D eigenvalue weighted by atomic mass is 14.7. The molecule has 3 heterocycles. The first-order chi connectivity index (χ1) is 31.0. The molecule has 0 fully saturated rings. The Morgan fingerprint density at radius 3 is 1.44 bits per heavy atom. The molecule has 0 unspecified atom stereocenters. The molecule has 0 spiro atoms. The van der Waals surface area contributed by atoms with Gasteiger partial charge in [0.05, 0.1) is 34.0 Å². The second-order valence-corrected chi connectivity index (χ2v) is 15.5. The van der Waals surface area contributed by atoms with E-state index in [1.165, 1.54) is 0 Å². The predicted molar refractivity (Wildman–Crippen MR) is 262 cm³/mol. The minimum absolute atomic E-state index is 0.661. The average molecular weight is 807 g/mol. The van der Waals surface area contributed by atoms with Gasteiger partial charge in [-0.2, -0.15) is 0 Å². The van der Waals surface area contributed by atoms with Crippen LogP contribution < -0.4 is 16.2 Å². The monoisotopic (exact) mass is 806 g/mol. The van der Waals surface area contributed by atoms with Gasteiger partial charge in [0.15, 0.2) is 0 Å². The Hall–Kier alpha value is -8.47. The van der Waals surface area contributed by atoms with Gasteiger partial charge >= 0.3 is 0 Å². The Morgan fingerprint density at radius 2 is 0.841 bits per heavy atom. The maximum atomic E-state index is 6.87. The number of para-hydroxylation sites is 1. The largest absolute Gasteiger partial charge is 0.398 e. The normalized spacial score (nSPS) is 12.0. The van der Waals surface area contributed by atoms with Crippen LogP contribution in [0, 0.1) is 0 Å². The molecule has 0 radical (unpaired) electrons.